The molecule has 74 valence electrons. The third-order valence-corrected chi connectivity index (χ3v) is 3.31. The molecule has 0 fully saturated rings. The summed E-state index contributed by atoms with van der Waals surface area (Å²) >= 11 is 4.90. The average molecular weight is 231 g/mol. The first-order valence-electron chi connectivity index (χ1n) is 3.65. The molecule has 0 bridgehead atoms. The van der Waals surface area contributed by atoms with Gasteiger partial charge in [0.2, 0.25) is 5.75 Å². The van der Waals surface area contributed by atoms with Crippen LogP contribution in [0.5, 0.6) is 11.5 Å². The summed E-state index contributed by atoms with van der Waals surface area (Å²) in [4.78, 5) is 9.85. The van der Waals surface area contributed by atoms with E-state index in [1.54, 1.807) is 0 Å². The van der Waals surface area contributed by atoms with Gasteiger partial charge in [0.15, 0.2) is 0 Å². The fourth-order valence-corrected chi connectivity index (χ4v) is 2.72. The third-order valence-electron chi connectivity index (χ3n) is 1.86. The minimum absolute atomic E-state index is 0.304. The Hall–Kier alpha value is -1.21. The molecule has 0 aromatic heterocycles. The van der Waals surface area contributed by atoms with Crippen molar-refractivity contribution in [1.29, 1.82) is 0 Å². The van der Waals surface area contributed by atoms with Gasteiger partial charge in [0.25, 0.3) is 0 Å². The van der Waals surface area contributed by atoms with Crippen LogP contribution >= 0.6 is 0 Å². The van der Waals surface area contributed by atoms with E-state index in [9.17, 15) is 15.2 Å². The van der Waals surface area contributed by atoms with E-state index in [0.717, 1.165) is 0 Å². The van der Waals surface area contributed by atoms with Crippen molar-refractivity contribution in [2.45, 2.75) is 5.75 Å². The van der Waals surface area contributed by atoms with Gasteiger partial charge >= 0.3 is 5.69 Å². The number of rotatable bonds is 1. The van der Waals surface area contributed by atoms with Gasteiger partial charge in [-0.2, -0.15) is 0 Å². The number of hydrogen-bond donors (Lipinski definition) is 1. The highest BCUT2D eigenvalue weighted by atomic mass is 32.8. The number of aromatic hydroxyl groups is 1. The molecule has 1 unspecified atom stereocenters. The van der Waals surface area contributed by atoms with Crippen LogP contribution in [0.3, 0.4) is 0 Å². The first-order valence-corrected chi connectivity index (χ1v) is 5.90. The second-order valence-electron chi connectivity index (χ2n) is 2.70. The van der Waals surface area contributed by atoms with E-state index in [1.165, 1.54) is 12.1 Å². The Balaban J connectivity index is 2.59. The summed E-state index contributed by atoms with van der Waals surface area (Å²) in [5.41, 5.74) is 0.138. The molecule has 0 saturated heterocycles. The number of hydrogen-bond acceptors (Lipinski definition) is 5. The highest BCUT2D eigenvalue weighted by molar-refractivity contribution is 8.26. The molecule has 0 saturated carbocycles. The average Bonchev–Trinajstić information content (AvgIpc) is 2.46. The molecule has 0 radical (unpaired) electrons. The number of fused-ring (bicyclic) bond motifs is 1. The molecule has 7 heteroatoms. The SMILES string of the molecule is O=[N+]([O-])c1ccc2c(c1O)CS(=S)O2. The van der Waals surface area contributed by atoms with Gasteiger partial charge in [-0.25, -0.2) is 0 Å². The van der Waals surface area contributed by atoms with Gasteiger partial charge in [0.1, 0.15) is 5.75 Å². The lowest BCUT2D eigenvalue weighted by Crippen LogP contribution is -1.90. The van der Waals surface area contributed by atoms with Crippen molar-refractivity contribution < 1.29 is 14.2 Å². The number of benzene rings is 1. The van der Waals surface area contributed by atoms with Crippen molar-refractivity contribution in [3.05, 3.63) is 27.8 Å². The Labute approximate surface area is 86.3 Å². The summed E-state index contributed by atoms with van der Waals surface area (Å²) < 4.78 is 5.18. The van der Waals surface area contributed by atoms with Crippen LogP contribution in [-0.4, -0.2) is 10.0 Å². The van der Waals surface area contributed by atoms with Crippen LogP contribution in [0, 0.1) is 10.1 Å². The van der Waals surface area contributed by atoms with Gasteiger partial charge < -0.3 is 9.29 Å². The van der Waals surface area contributed by atoms with Crippen LogP contribution in [0.15, 0.2) is 12.1 Å². The van der Waals surface area contributed by atoms with Crippen LogP contribution in [-0.2, 0) is 26.7 Å². The number of nitrogens with zero attached hydrogens (tertiary/aromatic N) is 1. The lowest BCUT2D eigenvalue weighted by molar-refractivity contribution is -0.385. The first kappa shape index (κ1) is 9.35. The Kier molecular flexibility index (Phi) is 2.12. The first-order chi connectivity index (χ1) is 6.59. The smallest absolute Gasteiger partial charge is 0.311 e. The van der Waals surface area contributed by atoms with Crippen LogP contribution < -0.4 is 4.18 Å². The number of phenolic OH excluding ortho intramolecular Hbond substituents is 1. The maximum atomic E-state index is 10.5. The van der Waals surface area contributed by atoms with E-state index < -0.39 is 14.7 Å². The Morgan fingerprint density at radius 3 is 3.00 bits per heavy atom. The maximum Gasteiger partial charge on any atom is 0.311 e. The number of phenols is 1. The molecule has 1 atom stereocenters. The molecule has 1 heterocycles. The zero-order valence-electron chi connectivity index (χ0n) is 6.80. The lowest BCUT2D eigenvalue weighted by atomic mass is 10.2. The Morgan fingerprint density at radius 1 is 1.64 bits per heavy atom. The highest BCUT2D eigenvalue weighted by Gasteiger charge is 2.26. The van der Waals surface area contributed by atoms with E-state index >= 15 is 0 Å². The molecular weight excluding hydrogens is 226 g/mol. The van der Waals surface area contributed by atoms with Gasteiger partial charge in [0, 0.05) is 6.07 Å². The fourth-order valence-electron chi connectivity index (χ4n) is 1.22. The predicted octanol–water partition coefficient (Wildman–Crippen LogP) is 1.19. The number of nitro groups is 1. The molecule has 5 nitrogen and oxygen atoms in total. The molecule has 1 aliphatic heterocycles. The lowest BCUT2D eigenvalue weighted by Gasteiger charge is -1.99. The van der Waals surface area contributed by atoms with Gasteiger partial charge in [-0.15, -0.1) is 0 Å². The summed E-state index contributed by atoms with van der Waals surface area (Å²) in [6.45, 7) is 0. The van der Waals surface area contributed by atoms with Gasteiger partial charge in [-0.1, -0.05) is 0 Å². The summed E-state index contributed by atoms with van der Waals surface area (Å²) in [5.74, 6) is 0.483. The summed E-state index contributed by atoms with van der Waals surface area (Å²) in [6.07, 6.45) is 0. The third kappa shape index (κ3) is 1.34. The molecule has 2 rings (SSSR count). The van der Waals surface area contributed by atoms with Crippen molar-refractivity contribution in [2.24, 2.45) is 0 Å². The van der Waals surface area contributed by atoms with Crippen LogP contribution in [0.1, 0.15) is 5.56 Å². The minimum Gasteiger partial charge on any atom is -0.502 e. The molecular formula is C7H5NO4S2. The fraction of sp³-hybridized carbons (Fsp3) is 0.143. The van der Waals surface area contributed by atoms with Crippen LogP contribution in [0.2, 0.25) is 0 Å². The van der Waals surface area contributed by atoms with E-state index in [2.05, 4.69) is 0 Å². The molecule has 14 heavy (non-hydrogen) atoms. The maximum absolute atomic E-state index is 10.5. The summed E-state index contributed by atoms with van der Waals surface area (Å²) in [5, 5.41) is 20.0. The zero-order chi connectivity index (χ0) is 10.3. The van der Waals surface area contributed by atoms with Gasteiger partial charge in [-0.3, -0.25) is 10.1 Å². The monoisotopic (exact) mass is 231 g/mol. The molecule has 0 amide bonds. The van der Waals surface area contributed by atoms with E-state index in [-0.39, 0.29) is 11.4 Å². The second kappa shape index (κ2) is 3.18. The predicted molar refractivity (Wildman–Crippen MR) is 53.8 cm³/mol. The van der Waals surface area contributed by atoms with Crippen molar-refractivity contribution in [1.82, 2.24) is 0 Å². The molecule has 1 aromatic rings. The Morgan fingerprint density at radius 2 is 2.36 bits per heavy atom. The topological polar surface area (TPSA) is 72.6 Å². The number of nitro benzene ring substituents is 1. The molecule has 1 aromatic carbocycles. The normalized spacial score (nSPS) is 18.7. The van der Waals surface area contributed by atoms with Crippen LogP contribution in [0.4, 0.5) is 5.69 Å². The Bertz CT molecular complexity index is 446. The molecule has 1 aliphatic rings. The largest absolute Gasteiger partial charge is 0.502 e. The minimum atomic E-state index is -0.700. The standard InChI is InChI=1S/C7H5NO4S2/c9-7-4-3-14(13)12-6(4)2-1-5(7)8(10)11/h1-2,9H,3H2. The van der Waals surface area contributed by atoms with Crippen molar-refractivity contribution in [2.75, 3.05) is 0 Å². The van der Waals surface area contributed by atoms with E-state index in [4.69, 9.17) is 15.4 Å². The summed E-state index contributed by atoms with van der Waals surface area (Å²) in [6, 6.07) is 2.68. The van der Waals surface area contributed by atoms with Gasteiger partial charge in [-0.05, 0) is 17.3 Å². The van der Waals surface area contributed by atoms with Crippen molar-refractivity contribution in [3.8, 4) is 11.5 Å². The van der Waals surface area contributed by atoms with Crippen molar-refractivity contribution in [3.63, 3.8) is 0 Å². The zero-order valence-corrected chi connectivity index (χ0v) is 8.43. The van der Waals surface area contributed by atoms with Crippen molar-refractivity contribution >= 4 is 26.6 Å². The van der Waals surface area contributed by atoms with E-state index in [0.29, 0.717) is 17.1 Å². The van der Waals surface area contributed by atoms with Crippen LogP contribution in [0.25, 0.3) is 0 Å². The quantitative estimate of drug-likeness (QED) is 0.580. The second-order valence-corrected chi connectivity index (χ2v) is 4.88. The molecule has 0 spiro atoms. The van der Waals surface area contributed by atoms with E-state index in [1.807, 2.05) is 0 Å². The highest BCUT2D eigenvalue weighted by Crippen LogP contribution is 2.40. The molecule has 1 N–H and O–H groups in total. The summed E-state index contributed by atoms with van der Waals surface area (Å²) in [7, 11) is -0.700. The van der Waals surface area contributed by atoms with Gasteiger partial charge in [0.05, 0.1) is 26.0 Å². The molecule has 0 aliphatic carbocycles.